The molecule has 156 valence electrons. The van der Waals surface area contributed by atoms with Crippen LogP contribution in [0.2, 0.25) is 0 Å². The molecule has 0 aliphatic carbocycles. The number of allylic oxidation sites excluding steroid dienone is 1. The Labute approximate surface area is 175 Å². The van der Waals surface area contributed by atoms with E-state index in [2.05, 4.69) is 24.8 Å². The summed E-state index contributed by atoms with van der Waals surface area (Å²) in [4.78, 5) is 0. The highest BCUT2D eigenvalue weighted by Crippen LogP contribution is 2.30. The van der Waals surface area contributed by atoms with Crippen molar-refractivity contribution in [3.8, 4) is 5.75 Å². The van der Waals surface area contributed by atoms with Gasteiger partial charge < -0.3 is 15.3 Å². The van der Waals surface area contributed by atoms with Crippen LogP contribution in [-0.4, -0.2) is 27.5 Å². The highest BCUT2D eigenvalue weighted by Gasteiger charge is 2.26. The molecular weight excluding hydrogens is 360 g/mol. The highest BCUT2D eigenvalue weighted by molar-refractivity contribution is 5.82. The molecule has 3 heteroatoms. The number of aliphatic hydroxyl groups excluding tert-OH is 2. The first-order valence-corrected chi connectivity index (χ1v) is 10.3. The van der Waals surface area contributed by atoms with E-state index in [0.717, 1.165) is 27.8 Å². The lowest BCUT2D eigenvalue weighted by atomic mass is 9.85. The first-order chi connectivity index (χ1) is 13.7. The molecule has 3 N–H and O–H groups in total. The Balaban J connectivity index is 2.30. The van der Waals surface area contributed by atoms with Gasteiger partial charge in [0.15, 0.2) is 0 Å². The predicted molar refractivity (Wildman–Crippen MR) is 122 cm³/mol. The molecule has 0 saturated carbocycles. The van der Waals surface area contributed by atoms with Crippen LogP contribution in [0.5, 0.6) is 5.75 Å². The molecule has 2 aromatic rings. The van der Waals surface area contributed by atoms with Crippen molar-refractivity contribution in [2.24, 2.45) is 11.8 Å². The fraction of sp³-hybridized carbons (Fsp3) is 0.385. The van der Waals surface area contributed by atoms with Crippen molar-refractivity contribution < 1.29 is 15.3 Å². The summed E-state index contributed by atoms with van der Waals surface area (Å²) >= 11 is 0. The second-order valence-corrected chi connectivity index (χ2v) is 8.19. The number of benzene rings is 2. The summed E-state index contributed by atoms with van der Waals surface area (Å²) in [7, 11) is 0. The molecule has 0 amide bonds. The van der Waals surface area contributed by atoms with Gasteiger partial charge in [-0.2, -0.15) is 0 Å². The minimum Gasteiger partial charge on any atom is -0.507 e. The fourth-order valence-electron chi connectivity index (χ4n) is 3.69. The van der Waals surface area contributed by atoms with Crippen molar-refractivity contribution in [2.45, 2.75) is 52.7 Å². The molecule has 3 atom stereocenters. The zero-order valence-electron chi connectivity index (χ0n) is 18.0. The van der Waals surface area contributed by atoms with Crippen LogP contribution in [0.4, 0.5) is 0 Å². The van der Waals surface area contributed by atoms with Crippen LogP contribution >= 0.6 is 0 Å². The van der Waals surface area contributed by atoms with Crippen molar-refractivity contribution in [2.75, 3.05) is 0 Å². The fourth-order valence-corrected chi connectivity index (χ4v) is 3.69. The standard InChI is InChI=1S/C26H34O3/c1-6-23(25(28)17(2)3)24(27)13-12-22(21-10-8-7-9-11-21)16-20-14-18(4)26(29)19(5)15-20/h6-11,14-17,23-25,27-29H,1,12-13H2,2-5H3/b22-16-/t23-,24-,25-/m1/s1. The summed E-state index contributed by atoms with van der Waals surface area (Å²) in [5.74, 6) is 0.0280. The maximum atomic E-state index is 10.7. The van der Waals surface area contributed by atoms with Crippen LogP contribution in [-0.2, 0) is 0 Å². The Morgan fingerprint density at radius 3 is 2.14 bits per heavy atom. The first kappa shape index (κ1) is 22.9. The number of aliphatic hydroxyl groups is 2. The third-order valence-electron chi connectivity index (χ3n) is 5.50. The van der Waals surface area contributed by atoms with Crippen molar-refractivity contribution in [1.82, 2.24) is 0 Å². The molecule has 0 spiro atoms. The van der Waals surface area contributed by atoms with Crippen molar-refractivity contribution in [3.63, 3.8) is 0 Å². The van der Waals surface area contributed by atoms with E-state index in [1.807, 2.05) is 58.0 Å². The second kappa shape index (κ2) is 10.4. The van der Waals surface area contributed by atoms with Gasteiger partial charge in [0.1, 0.15) is 5.75 Å². The number of phenols is 1. The van der Waals surface area contributed by atoms with Crippen molar-refractivity contribution >= 4 is 11.6 Å². The van der Waals surface area contributed by atoms with Gasteiger partial charge in [-0.05, 0) is 72.6 Å². The molecule has 0 aliphatic rings. The quantitative estimate of drug-likeness (QED) is 0.388. The van der Waals surface area contributed by atoms with Gasteiger partial charge >= 0.3 is 0 Å². The molecule has 2 rings (SSSR count). The molecule has 0 fully saturated rings. The van der Waals surface area contributed by atoms with Gasteiger partial charge in [0.25, 0.3) is 0 Å². The van der Waals surface area contributed by atoms with E-state index in [1.54, 1.807) is 6.08 Å². The monoisotopic (exact) mass is 394 g/mol. The van der Waals surface area contributed by atoms with E-state index in [-0.39, 0.29) is 11.8 Å². The van der Waals surface area contributed by atoms with E-state index in [1.165, 1.54) is 0 Å². The van der Waals surface area contributed by atoms with Gasteiger partial charge in [-0.25, -0.2) is 0 Å². The van der Waals surface area contributed by atoms with Gasteiger partial charge in [0.2, 0.25) is 0 Å². The smallest absolute Gasteiger partial charge is 0.121 e. The minimum atomic E-state index is -0.666. The number of aromatic hydroxyl groups is 1. The zero-order valence-corrected chi connectivity index (χ0v) is 18.0. The summed E-state index contributed by atoms with van der Waals surface area (Å²) in [6, 6.07) is 14.0. The van der Waals surface area contributed by atoms with Crippen LogP contribution < -0.4 is 0 Å². The van der Waals surface area contributed by atoms with Gasteiger partial charge in [-0.3, -0.25) is 0 Å². The van der Waals surface area contributed by atoms with Crippen LogP contribution in [0.1, 0.15) is 48.9 Å². The summed E-state index contributed by atoms with van der Waals surface area (Å²) in [5.41, 5.74) is 4.92. The van der Waals surface area contributed by atoms with Crippen LogP contribution in [0.25, 0.3) is 11.6 Å². The molecule has 0 aliphatic heterocycles. The minimum absolute atomic E-state index is 0.0553. The topological polar surface area (TPSA) is 60.7 Å². The highest BCUT2D eigenvalue weighted by atomic mass is 16.3. The average Bonchev–Trinajstić information content (AvgIpc) is 2.70. The van der Waals surface area contributed by atoms with Crippen molar-refractivity contribution in [1.29, 1.82) is 0 Å². The third-order valence-corrected chi connectivity index (χ3v) is 5.50. The summed E-state index contributed by atoms with van der Waals surface area (Å²) in [6.07, 6.45) is 3.68. The number of hydrogen-bond acceptors (Lipinski definition) is 3. The molecule has 0 aromatic heterocycles. The maximum Gasteiger partial charge on any atom is 0.121 e. The Kier molecular flexibility index (Phi) is 8.24. The number of aryl methyl sites for hydroxylation is 2. The van der Waals surface area contributed by atoms with Gasteiger partial charge in [0, 0.05) is 5.92 Å². The number of rotatable bonds is 9. The molecule has 29 heavy (non-hydrogen) atoms. The first-order valence-electron chi connectivity index (χ1n) is 10.3. The molecular formula is C26H34O3. The van der Waals surface area contributed by atoms with E-state index >= 15 is 0 Å². The number of hydrogen-bond donors (Lipinski definition) is 3. The van der Waals surface area contributed by atoms with Crippen LogP contribution in [0, 0.1) is 25.7 Å². The lowest BCUT2D eigenvalue weighted by Crippen LogP contribution is -2.33. The normalized spacial score (nSPS) is 15.2. The van der Waals surface area contributed by atoms with Crippen molar-refractivity contribution in [3.05, 3.63) is 77.4 Å². The van der Waals surface area contributed by atoms with Gasteiger partial charge in [0.05, 0.1) is 12.2 Å². The molecule has 3 nitrogen and oxygen atoms in total. The van der Waals surface area contributed by atoms with E-state index in [9.17, 15) is 15.3 Å². The predicted octanol–water partition coefficient (Wildman–Crippen LogP) is 5.51. The van der Waals surface area contributed by atoms with Gasteiger partial charge in [-0.15, -0.1) is 6.58 Å². The summed E-state index contributed by atoms with van der Waals surface area (Å²) in [5, 5.41) is 31.2. The SMILES string of the molecule is C=C[C@H]([C@H](O)CC/C(=C/c1cc(C)c(O)c(C)c1)c1ccccc1)[C@H](O)C(C)C. The Bertz CT molecular complexity index is 813. The molecule has 0 unspecified atom stereocenters. The molecule has 0 saturated heterocycles. The average molecular weight is 395 g/mol. The van der Waals surface area contributed by atoms with E-state index < -0.39 is 12.2 Å². The van der Waals surface area contributed by atoms with E-state index in [4.69, 9.17) is 0 Å². The third kappa shape index (κ3) is 6.06. The zero-order chi connectivity index (χ0) is 21.6. The Morgan fingerprint density at radius 1 is 1.03 bits per heavy atom. The largest absolute Gasteiger partial charge is 0.507 e. The Morgan fingerprint density at radius 2 is 1.62 bits per heavy atom. The Hall–Kier alpha value is -2.36. The molecule has 0 radical (unpaired) electrons. The van der Waals surface area contributed by atoms with Gasteiger partial charge in [-0.1, -0.05) is 56.3 Å². The lowest BCUT2D eigenvalue weighted by molar-refractivity contribution is 0.00939. The molecule has 0 bridgehead atoms. The summed E-state index contributed by atoms with van der Waals surface area (Å²) < 4.78 is 0. The second-order valence-electron chi connectivity index (χ2n) is 8.19. The summed E-state index contributed by atoms with van der Waals surface area (Å²) in [6.45, 7) is 11.5. The number of phenolic OH excluding ortho intramolecular Hbond substituents is 1. The molecule has 2 aromatic carbocycles. The molecule has 0 heterocycles. The maximum absolute atomic E-state index is 10.7. The van der Waals surface area contributed by atoms with Crippen LogP contribution in [0.15, 0.2) is 55.1 Å². The van der Waals surface area contributed by atoms with Crippen LogP contribution in [0.3, 0.4) is 0 Å². The van der Waals surface area contributed by atoms with E-state index in [0.29, 0.717) is 18.6 Å². The lowest BCUT2D eigenvalue weighted by Gasteiger charge is -2.27.